The number of aliphatic hydroxyl groups excluding tert-OH is 1. The third-order valence-corrected chi connectivity index (χ3v) is 7.60. The summed E-state index contributed by atoms with van der Waals surface area (Å²) in [5.41, 5.74) is 1.19. The van der Waals surface area contributed by atoms with E-state index in [1.165, 1.54) is 29.2 Å². The molecule has 0 saturated carbocycles. The number of morpholine rings is 1. The summed E-state index contributed by atoms with van der Waals surface area (Å²) in [4.78, 5) is 44.5. The Hall–Kier alpha value is -3.74. The predicted molar refractivity (Wildman–Crippen MR) is 156 cm³/mol. The van der Waals surface area contributed by atoms with E-state index in [1.807, 2.05) is 6.92 Å². The van der Waals surface area contributed by atoms with Crippen LogP contribution in [0.25, 0.3) is 0 Å². The first kappa shape index (κ1) is 31.2. The van der Waals surface area contributed by atoms with Gasteiger partial charge in [-0.25, -0.2) is 9.18 Å². The third-order valence-electron chi connectivity index (χ3n) is 7.60. The van der Waals surface area contributed by atoms with Gasteiger partial charge in [0.1, 0.15) is 17.7 Å². The molecule has 0 spiro atoms. The molecule has 0 unspecified atom stereocenters. The van der Waals surface area contributed by atoms with Crippen molar-refractivity contribution >= 4 is 29.2 Å². The van der Waals surface area contributed by atoms with Crippen LogP contribution in [-0.4, -0.2) is 109 Å². The number of benzene rings is 2. The molecule has 0 aromatic heterocycles. The van der Waals surface area contributed by atoms with Crippen LogP contribution in [0.5, 0.6) is 5.75 Å². The van der Waals surface area contributed by atoms with E-state index in [2.05, 4.69) is 15.5 Å². The number of aliphatic hydroxyl groups is 1. The van der Waals surface area contributed by atoms with E-state index < -0.39 is 24.0 Å². The van der Waals surface area contributed by atoms with Crippen LogP contribution in [0.3, 0.4) is 0 Å². The Morgan fingerprint density at radius 1 is 1.12 bits per heavy atom. The average Bonchev–Trinajstić information content (AvgIpc) is 2.99. The van der Waals surface area contributed by atoms with E-state index in [-0.39, 0.29) is 43.0 Å². The Morgan fingerprint density at radius 3 is 2.50 bits per heavy atom. The lowest BCUT2D eigenvalue weighted by Gasteiger charge is -2.38. The number of halogens is 1. The van der Waals surface area contributed by atoms with Crippen LogP contribution in [0.2, 0.25) is 0 Å². The highest BCUT2D eigenvalue weighted by atomic mass is 19.1. The summed E-state index contributed by atoms with van der Waals surface area (Å²) in [5.74, 6) is -0.754. The molecule has 12 heteroatoms. The minimum absolute atomic E-state index is 0.165. The summed E-state index contributed by atoms with van der Waals surface area (Å²) in [6.45, 7) is 7.47. The fraction of sp³-hybridized carbons (Fsp3) is 0.500. The van der Waals surface area contributed by atoms with Gasteiger partial charge in [0.25, 0.3) is 5.91 Å². The largest absolute Gasteiger partial charge is 0.487 e. The van der Waals surface area contributed by atoms with Crippen LogP contribution in [-0.2, 0) is 9.53 Å². The van der Waals surface area contributed by atoms with Crippen molar-refractivity contribution in [2.75, 3.05) is 70.2 Å². The first-order chi connectivity index (χ1) is 20.1. The molecule has 228 valence electrons. The molecule has 2 aliphatic heterocycles. The number of urea groups is 1. The molecular weight excluding hydrogens is 545 g/mol. The molecule has 4 amide bonds. The number of nitrogens with zero attached hydrogens (tertiary/aromatic N) is 3. The van der Waals surface area contributed by atoms with Crippen LogP contribution < -0.4 is 15.4 Å². The van der Waals surface area contributed by atoms with Gasteiger partial charge in [0.05, 0.1) is 38.0 Å². The molecule has 2 heterocycles. The van der Waals surface area contributed by atoms with Crippen molar-refractivity contribution in [3.8, 4) is 5.75 Å². The summed E-state index contributed by atoms with van der Waals surface area (Å²) >= 11 is 0. The van der Waals surface area contributed by atoms with Gasteiger partial charge >= 0.3 is 6.03 Å². The van der Waals surface area contributed by atoms with Gasteiger partial charge in [0.15, 0.2) is 0 Å². The molecule has 3 atom stereocenters. The van der Waals surface area contributed by atoms with Crippen LogP contribution in [0.4, 0.5) is 20.6 Å². The summed E-state index contributed by atoms with van der Waals surface area (Å²) in [5, 5.41) is 15.5. The lowest BCUT2D eigenvalue weighted by atomic mass is 9.99. The van der Waals surface area contributed by atoms with Gasteiger partial charge in [-0.05, 0) is 49.4 Å². The number of carbonyl (C=O) groups is 3. The summed E-state index contributed by atoms with van der Waals surface area (Å²) in [6.07, 6.45) is -0.190. The fourth-order valence-electron chi connectivity index (χ4n) is 4.93. The van der Waals surface area contributed by atoms with Crippen molar-refractivity contribution in [1.82, 2.24) is 14.7 Å². The number of rotatable bonds is 9. The van der Waals surface area contributed by atoms with Gasteiger partial charge in [-0.2, -0.15) is 0 Å². The molecule has 4 rings (SSSR count). The van der Waals surface area contributed by atoms with Gasteiger partial charge in [0.2, 0.25) is 5.91 Å². The lowest BCUT2D eigenvalue weighted by Crippen LogP contribution is -2.50. The molecule has 3 N–H and O–H groups in total. The van der Waals surface area contributed by atoms with Crippen molar-refractivity contribution in [1.29, 1.82) is 0 Å². The maximum atomic E-state index is 13.7. The Balaban J connectivity index is 1.49. The monoisotopic (exact) mass is 585 g/mol. The molecule has 1 saturated heterocycles. The highest BCUT2D eigenvalue weighted by Crippen LogP contribution is 2.31. The Morgan fingerprint density at radius 2 is 1.81 bits per heavy atom. The Bertz CT molecular complexity index is 1240. The van der Waals surface area contributed by atoms with Crippen molar-refractivity contribution in [3.05, 3.63) is 53.8 Å². The van der Waals surface area contributed by atoms with E-state index in [0.29, 0.717) is 43.3 Å². The Kier molecular flexibility index (Phi) is 10.7. The van der Waals surface area contributed by atoms with E-state index >= 15 is 0 Å². The van der Waals surface area contributed by atoms with E-state index in [4.69, 9.17) is 9.47 Å². The number of likely N-dealkylation sites (N-methyl/N-ethyl adjacent to an activating group) is 1. The molecule has 2 aromatic rings. The zero-order valence-electron chi connectivity index (χ0n) is 24.3. The molecule has 2 aliphatic rings. The maximum absolute atomic E-state index is 13.7. The van der Waals surface area contributed by atoms with E-state index in [0.717, 1.165) is 13.1 Å². The number of nitrogens with one attached hydrogen (secondary N) is 2. The van der Waals surface area contributed by atoms with Crippen LogP contribution in [0.1, 0.15) is 30.6 Å². The van der Waals surface area contributed by atoms with Crippen LogP contribution in [0.15, 0.2) is 42.5 Å². The summed E-state index contributed by atoms with van der Waals surface area (Å²) < 4.78 is 24.9. The third kappa shape index (κ3) is 8.17. The molecule has 2 aromatic carbocycles. The van der Waals surface area contributed by atoms with Crippen LogP contribution >= 0.6 is 0 Å². The standard InChI is InChI=1S/C30H40FN5O6/c1-20-17-36(21(2)19-37)29(39)25-16-24(32-28(38)10-11-35-12-14-41-15-13-35)8-9-26(25)42-27(20)18-34(3)30(40)33-23-6-4-22(31)5-7-23/h4-9,16,20-21,27,37H,10-15,17-19H2,1-3H3,(H,32,38)(H,33,40)/t20-,21-,27-/m1/s1. The zero-order chi connectivity index (χ0) is 30.2. The topological polar surface area (TPSA) is 124 Å². The minimum atomic E-state index is -0.497. The van der Waals surface area contributed by atoms with E-state index in [9.17, 15) is 23.9 Å². The molecular formula is C30H40FN5O6. The Labute approximate surface area is 245 Å². The number of fused-ring (bicyclic) bond motifs is 1. The van der Waals surface area contributed by atoms with Crippen molar-refractivity contribution in [2.24, 2.45) is 5.92 Å². The number of hydrogen-bond acceptors (Lipinski definition) is 7. The highest BCUT2D eigenvalue weighted by Gasteiger charge is 2.34. The quantitative estimate of drug-likeness (QED) is 0.414. The van der Waals surface area contributed by atoms with Gasteiger partial charge in [-0.15, -0.1) is 0 Å². The van der Waals surface area contributed by atoms with E-state index in [1.54, 1.807) is 37.1 Å². The zero-order valence-corrected chi connectivity index (χ0v) is 24.3. The SMILES string of the molecule is C[C@@H]1CN([C@H](C)CO)C(=O)c2cc(NC(=O)CCN3CCOCC3)ccc2O[C@@H]1CN(C)C(=O)Nc1ccc(F)cc1. The molecule has 42 heavy (non-hydrogen) atoms. The number of anilines is 2. The van der Waals surface area contributed by atoms with Gasteiger partial charge in [-0.3, -0.25) is 14.5 Å². The lowest BCUT2D eigenvalue weighted by molar-refractivity contribution is -0.116. The molecule has 11 nitrogen and oxygen atoms in total. The first-order valence-electron chi connectivity index (χ1n) is 14.2. The van der Waals surface area contributed by atoms with Crippen molar-refractivity contribution < 1.29 is 33.4 Å². The van der Waals surface area contributed by atoms with Gasteiger partial charge in [0, 0.05) is 56.9 Å². The first-order valence-corrected chi connectivity index (χ1v) is 14.2. The van der Waals surface area contributed by atoms with Gasteiger partial charge < -0.3 is 35.0 Å². The number of carbonyl (C=O) groups excluding carboxylic acids is 3. The molecule has 0 aliphatic carbocycles. The fourth-order valence-corrected chi connectivity index (χ4v) is 4.93. The number of hydrogen-bond donors (Lipinski definition) is 3. The van der Waals surface area contributed by atoms with Crippen molar-refractivity contribution in [3.63, 3.8) is 0 Å². The van der Waals surface area contributed by atoms with Gasteiger partial charge in [-0.1, -0.05) is 6.92 Å². The minimum Gasteiger partial charge on any atom is -0.487 e. The summed E-state index contributed by atoms with van der Waals surface area (Å²) in [6, 6.07) is 9.56. The predicted octanol–water partition coefficient (Wildman–Crippen LogP) is 2.87. The highest BCUT2D eigenvalue weighted by molar-refractivity contribution is 6.00. The average molecular weight is 586 g/mol. The van der Waals surface area contributed by atoms with Crippen molar-refractivity contribution in [2.45, 2.75) is 32.4 Å². The molecule has 1 fully saturated rings. The number of amides is 4. The second-order valence-corrected chi connectivity index (χ2v) is 10.9. The molecule has 0 bridgehead atoms. The smallest absolute Gasteiger partial charge is 0.321 e. The summed E-state index contributed by atoms with van der Waals surface area (Å²) in [7, 11) is 1.63. The maximum Gasteiger partial charge on any atom is 0.321 e. The number of ether oxygens (including phenoxy) is 2. The second-order valence-electron chi connectivity index (χ2n) is 10.9. The normalized spacial score (nSPS) is 20.0. The molecule has 0 radical (unpaired) electrons. The van der Waals surface area contributed by atoms with Crippen LogP contribution in [0, 0.1) is 11.7 Å². The second kappa shape index (κ2) is 14.4.